The number of rotatable bonds is 6. The minimum absolute atomic E-state index is 0.0274. The molecule has 3 aliphatic rings. The van der Waals surface area contributed by atoms with Gasteiger partial charge in [-0.15, -0.1) is 0 Å². The second-order valence-corrected chi connectivity index (χ2v) is 9.70. The summed E-state index contributed by atoms with van der Waals surface area (Å²) in [5.41, 5.74) is 4.79. The van der Waals surface area contributed by atoms with E-state index in [-0.39, 0.29) is 17.7 Å². The van der Waals surface area contributed by atoms with E-state index >= 15 is 0 Å². The molecule has 0 aromatic heterocycles. The lowest BCUT2D eigenvalue weighted by Gasteiger charge is -2.40. The van der Waals surface area contributed by atoms with E-state index in [1.807, 2.05) is 24.3 Å². The number of ether oxygens (including phenoxy) is 1. The van der Waals surface area contributed by atoms with Crippen LogP contribution in [0.25, 0.3) is 11.1 Å². The van der Waals surface area contributed by atoms with E-state index in [0.29, 0.717) is 32.2 Å². The Bertz CT molecular complexity index is 1040. The van der Waals surface area contributed by atoms with Gasteiger partial charge in [0.1, 0.15) is 6.61 Å². The van der Waals surface area contributed by atoms with Crippen LogP contribution < -0.4 is 5.32 Å². The topological polar surface area (TPSA) is 95.9 Å². The van der Waals surface area contributed by atoms with Gasteiger partial charge >= 0.3 is 12.1 Å². The van der Waals surface area contributed by atoms with Gasteiger partial charge in [0.05, 0.1) is 5.92 Å². The van der Waals surface area contributed by atoms with Crippen molar-refractivity contribution in [1.82, 2.24) is 10.2 Å². The van der Waals surface area contributed by atoms with Crippen LogP contribution >= 0.6 is 0 Å². The van der Waals surface area contributed by atoms with Crippen LogP contribution in [0.3, 0.4) is 0 Å². The number of carbonyl (C=O) groups excluding carboxylic acids is 2. The number of aliphatic carboxylic acids is 1. The average Bonchev–Trinajstić information content (AvgIpc) is 3.14. The Balaban J connectivity index is 1.06. The molecule has 2 aliphatic carbocycles. The standard InChI is InChI=1S/C27H30N2O5/c30-25(29-14-19(15-29)26(31)32)18-11-9-17(10-12-18)13-28-27(33)34-16-24-22-7-3-1-5-20(22)21-6-2-4-8-23(21)24/h1-8,17-19,24H,9-16H2,(H,28,33)(H,31,32). The highest BCUT2D eigenvalue weighted by Gasteiger charge is 2.39. The second kappa shape index (κ2) is 9.49. The molecule has 2 N–H and O–H groups in total. The van der Waals surface area contributed by atoms with Crippen molar-refractivity contribution < 1.29 is 24.2 Å². The Morgan fingerprint density at radius 3 is 2.06 bits per heavy atom. The number of hydrogen-bond donors (Lipinski definition) is 2. The van der Waals surface area contributed by atoms with Crippen molar-refractivity contribution in [2.24, 2.45) is 17.8 Å². The third-order valence-corrected chi connectivity index (χ3v) is 7.62. The number of carboxylic acids is 1. The fraction of sp³-hybridized carbons (Fsp3) is 0.444. The zero-order valence-electron chi connectivity index (χ0n) is 19.1. The van der Waals surface area contributed by atoms with Crippen molar-refractivity contribution in [3.63, 3.8) is 0 Å². The number of fused-ring (bicyclic) bond motifs is 3. The first-order valence-corrected chi connectivity index (χ1v) is 12.1. The molecule has 7 heteroatoms. The van der Waals surface area contributed by atoms with Gasteiger partial charge in [-0.05, 0) is 53.9 Å². The lowest BCUT2D eigenvalue weighted by molar-refractivity contribution is -0.155. The van der Waals surface area contributed by atoms with Crippen LogP contribution in [0.4, 0.5) is 4.79 Å². The van der Waals surface area contributed by atoms with Gasteiger partial charge in [-0.25, -0.2) is 4.79 Å². The molecular formula is C27H30N2O5. The molecule has 34 heavy (non-hydrogen) atoms. The van der Waals surface area contributed by atoms with Gasteiger partial charge in [-0.2, -0.15) is 0 Å². The smallest absolute Gasteiger partial charge is 0.407 e. The number of carbonyl (C=O) groups is 3. The summed E-state index contributed by atoms with van der Waals surface area (Å²) in [6, 6.07) is 16.5. The predicted octanol–water partition coefficient (Wildman–Crippen LogP) is 3.87. The monoisotopic (exact) mass is 462 g/mol. The minimum atomic E-state index is -0.827. The summed E-state index contributed by atoms with van der Waals surface area (Å²) in [4.78, 5) is 37.6. The van der Waals surface area contributed by atoms with Crippen LogP contribution in [0, 0.1) is 17.8 Å². The van der Waals surface area contributed by atoms with Crippen molar-refractivity contribution in [3.05, 3.63) is 59.7 Å². The molecule has 2 aromatic carbocycles. The quantitative estimate of drug-likeness (QED) is 0.679. The molecule has 1 heterocycles. The number of hydrogen-bond acceptors (Lipinski definition) is 4. The van der Waals surface area contributed by atoms with Crippen molar-refractivity contribution in [2.45, 2.75) is 31.6 Å². The summed E-state index contributed by atoms with van der Waals surface area (Å²) in [5.74, 6) is -0.816. The van der Waals surface area contributed by atoms with Gasteiger partial charge in [0.25, 0.3) is 0 Å². The Kier molecular flexibility index (Phi) is 6.26. The van der Waals surface area contributed by atoms with Gasteiger partial charge in [0, 0.05) is 31.5 Å². The maximum absolute atomic E-state index is 12.6. The summed E-state index contributed by atoms with van der Waals surface area (Å²) in [7, 11) is 0. The minimum Gasteiger partial charge on any atom is -0.481 e. The highest BCUT2D eigenvalue weighted by molar-refractivity contribution is 5.83. The first-order chi connectivity index (χ1) is 16.5. The van der Waals surface area contributed by atoms with E-state index in [2.05, 4.69) is 29.6 Å². The summed E-state index contributed by atoms with van der Waals surface area (Å²) in [5, 5.41) is 11.9. The number of nitrogens with zero attached hydrogens (tertiary/aromatic N) is 1. The van der Waals surface area contributed by atoms with Gasteiger partial charge in [0.15, 0.2) is 0 Å². The van der Waals surface area contributed by atoms with Gasteiger partial charge < -0.3 is 20.1 Å². The maximum atomic E-state index is 12.6. The van der Waals surface area contributed by atoms with Crippen LogP contribution in [-0.2, 0) is 14.3 Å². The molecule has 2 fully saturated rings. The SMILES string of the molecule is O=C(NCC1CCC(C(=O)N2CC(C(=O)O)C2)CC1)OCC1c2ccccc2-c2ccccc21. The average molecular weight is 463 g/mol. The van der Waals surface area contributed by atoms with E-state index in [1.165, 1.54) is 22.3 Å². The second-order valence-electron chi connectivity index (χ2n) is 9.70. The molecule has 1 saturated heterocycles. The highest BCUT2D eigenvalue weighted by atomic mass is 16.5. The summed E-state index contributed by atoms with van der Waals surface area (Å²) >= 11 is 0. The van der Waals surface area contributed by atoms with Crippen LogP contribution in [0.15, 0.2) is 48.5 Å². The first kappa shape index (κ1) is 22.4. The number of nitrogens with one attached hydrogen (secondary N) is 1. The lowest BCUT2D eigenvalue weighted by atomic mass is 9.80. The largest absolute Gasteiger partial charge is 0.481 e. The zero-order valence-corrected chi connectivity index (χ0v) is 19.1. The molecule has 2 aromatic rings. The Morgan fingerprint density at radius 2 is 1.47 bits per heavy atom. The summed E-state index contributed by atoms with van der Waals surface area (Å²) in [6.07, 6.45) is 2.90. The third-order valence-electron chi connectivity index (χ3n) is 7.62. The fourth-order valence-corrected chi connectivity index (χ4v) is 5.56. The highest BCUT2D eigenvalue weighted by Crippen LogP contribution is 2.44. The first-order valence-electron chi connectivity index (χ1n) is 12.1. The molecule has 7 nitrogen and oxygen atoms in total. The number of amides is 2. The zero-order chi connectivity index (χ0) is 23.7. The molecular weight excluding hydrogens is 432 g/mol. The van der Waals surface area contributed by atoms with Crippen molar-refractivity contribution in [3.8, 4) is 11.1 Å². The van der Waals surface area contributed by atoms with Gasteiger partial charge in [0.2, 0.25) is 5.91 Å². The molecule has 0 unspecified atom stereocenters. The molecule has 0 atom stereocenters. The van der Waals surface area contributed by atoms with Gasteiger partial charge in [-0.3, -0.25) is 9.59 Å². The molecule has 0 bridgehead atoms. The molecule has 0 radical (unpaired) electrons. The van der Waals surface area contributed by atoms with E-state index < -0.39 is 18.0 Å². The Morgan fingerprint density at radius 1 is 0.882 bits per heavy atom. The predicted molar refractivity (Wildman–Crippen MR) is 126 cm³/mol. The fourth-order valence-electron chi connectivity index (χ4n) is 5.56. The van der Waals surface area contributed by atoms with E-state index in [4.69, 9.17) is 9.84 Å². The number of alkyl carbamates (subject to hydrolysis) is 1. The number of likely N-dealkylation sites (tertiary alicyclic amines) is 1. The molecule has 5 rings (SSSR count). The molecule has 1 saturated carbocycles. The molecule has 178 valence electrons. The summed E-state index contributed by atoms with van der Waals surface area (Å²) in [6.45, 7) is 1.51. The van der Waals surface area contributed by atoms with E-state index in [1.54, 1.807) is 4.90 Å². The molecule has 2 amide bonds. The summed E-state index contributed by atoms with van der Waals surface area (Å²) < 4.78 is 5.61. The number of benzene rings is 2. The van der Waals surface area contributed by atoms with E-state index in [9.17, 15) is 14.4 Å². The lowest BCUT2D eigenvalue weighted by Crippen LogP contribution is -2.55. The Labute approximate surface area is 199 Å². The van der Waals surface area contributed by atoms with E-state index in [0.717, 1.165) is 25.7 Å². The molecule has 1 aliphatic heterocycles. The van der Waals surface area contributed by atoms with Gasteiger partial charge in [-0.1, -0.05) is 48.5 Å². The van der Waals surface area contributed by atoms with Crippen molar-refractivity contribution in [2.75, 3.05) is 26.2 Å². The van der Waals surface area contributed by atoms with Crippen LogP contribution in [-0.4, -0.2) is 54.2 Å². The van der Waals surface area contributed by atoms with Crippen molar-refractivity contribution in [1.29, 1.82) is 0 Å². The third kappa shape index (κ3) is 4.39. The normalized spacial score (nSPS) is 21.8. The van der Waals surface area contributed by atoms with Crippen LogP contribution in [0.2, 0.25) is 0 Å². The molecule has 0 spiro atoms. The maximum Gasteiger partial charge on any atom is 0.407 e. The number of carboxylic acid groups (broad SMARTS) is 1. The Hall–Kier alpha value is -3.35. The van der Waals surface area contributed by atoms with Crippen molar-refractivity contribution >= 4 is 18.0 Å². The van der Waals surface area contributed by atoms with Crippen LogP contribution in [0.5, 0.6) is 0 Å². The van der Waals surface area contributed by atoms with Crippen LogP contribution in [0.1, 0.15) is 42.7 Å².